The van der Waals surface area contributed by atoms with Crippen LogP contribution in [-0.4, -0.2) is 21.9 Å². The van der Waals surface area contributed by atoms with E-state index in [-0.39, 0.29) is 0 Å². The number of pyridine rings is 1. The Morgan fingerprint density at radius 2 is 2.35 bits per heavy atom. The van der Waals surface area contributed by atoms with Crippen LogP contribution in [0.15, 0.2) is 30.7 Å². The molecule has 0 aromatic carbocycles. The van der Waals surface area contributed by atoms with Crippen LogP contribution in [0.25, 0.3) is 11.1 Å². The monoisotopic (exact) mass is 229 g/mol. The van der Waals surface area contributed by atoms with E-state index < -0.39 is 0 Å². The van der Waals surface area contributed by atoms with E-state index in [1.54, 1.807) is 13.3 Å². The molecule has 17 heavy (non-hydrogen) atoms. The lowest BCUT2D eigenvalue weighted by atomic mass is 10.1. The zero-order valence-electron chi connectivity index (χ0n) is 9.84. The van der Waals surface area contributed by atoms with Gasteiger partial charge in [0.1, 0.15) is 0 Å². The highest BCUT2D eigenvalue weighted by molar-refractivity contribution is 5.66. The molecule has 0 N–H and O–H groups in total. The van der Waals surface area contributed by atoms with Gasteiger partial charge >= 0.3 is 0 Å². The summed E-state index contributed by atoms with van der Waals surface area (Å²) in [6.45, 7) is 1.03. The maximum Gasteiger partial charge on any atom is 0.221 e. The molecule has 88 valence electrons. The molecule has 2 aromatic rings. The van der Waals surface area contributed by atoms with Crippen molar-refractivity contribution >= 4 is 0 Å². The zero-order valence-corrected chi connectivity index (χ0v) is 9.84. The van der Waals surface area contributed by atoms with Crippen molar-refractivity contribution in [2.24, 2.45) is 5.92 Å². The highest BCUT2D eigenvalue weighted by Gasteiger charge is 2.22. The average Bonchev–Trinajstić information content (AvgIpc) is 3.05. The maximum atomic E-state index is 5.25. The number of rotatable bonds is 4. The van der Waals surface area contributed by atoms with Gasteiger partial charge in [-0.15, -0.1) is 0 Å². The van der Waals surface area contributed by atoms with Crippen molar-refractivity contribution < 1.29 is 4.74 Å². The second-order valence-electron chi connectivity index (χ2n) is 4.45. The van der Waals surface area contributed by atoms with E-state index in [1.807, 2.05) is 23.0 Å². The van der Waals surface area contributed by atoms with Crippen molar-refractivity contribution in [3.8, 4) is 17.0 Å². The quantitative estimate of drug-likeness (QED) is 0.808. The summed E-state index contributed by atoms with van der Waals surface area (Å²) in [6, 6.07) is 3.92. The summed E-state index contributed by atoms with van der Waals surface area (Å²) in [7, 11) is 1.64. The molecule has 0 bridgehead atoms. The molecule has 0 spiro atoms. The predicted octanol–water partition coefficient (Wildman–Crippen LogP) is 2.36. The van der Waals surface area contributed by atoms with Crippen LogP contribution in [0.3, 0.4) is 0 Å². The second-order valence-corrected chi connectivity index (χ2v) is 4.45. The smallest absolute Gasteiger partial charge is 0.221 e. The molecular weight excluding hydrogens is 214 g/mol. The van der Waals surface area contributed by atoms with E-state index in [1.165, 1.54) is 12.8 Å². The van der Waals surface area contributed by atoms with Crippen LogP contribution in [0, 0.1) is 5.92 Å². The average molecular weight is 229 g/mol. The molecule has 0 atom stereocenters. The first-order valence-corrected chi connectivity index (χ1v) is 5.88. The van der Waals surface area contributed by atoms with E-state index in [4.69, 9.17) is 4.74 Å². The Kier molecular flexibility index (Phi) is 2.55. The molecule has 1 fully saturated rings. The first-order chi connectivity index (χ1) is 8.36. The SMILES string of the molecule is COc1ncccc1-c1cnn(CC2CC2)c1. The van der Waals surface area contributed by atoms with Crippen LogP contribution < -0.4 is 4.74 Å². The fourth-order valence-electron chi connectivity index (χ4n) is 1.94. The maximum absolute atomic E-state index is 5.25. The Morgan fingerprint density at radius 3 is 3.12 bits per heavy atom. The van der Waals surface area contributed by atoms with Crippen LogP contribution in [0.5, 0.6) is 5.88 Å². The van der Waals surface area contributed by atoms with Gasteiger partial charge in [-0.2, -0.15) is 5.10 Å². The van der Waals surface area contributed by atoms with Gasteiger partial charge in [0.05, 0.1) is 13.3 Å². The van der Waals surface area contributed by atoms with Crippen molar-refractivity contribution in [3.05, 3.63) is 30.7 Å². The standard InChI is InChI=1S/C13H15N3O/c1-17-13-12(3-2-6-14-13)11-7-15-16(9-11)8-10-4-5-10/h2-3,6-7,9-10H,4-5,8H2,1H3. The molecule has 0 radical (unpaired) electrons. The summed E-state index contributed by atoms with van der Waals surface area (Å²) in [4.78, 5) is 4.20. The van der Waals surface area contributed by atoms with E-state index in [0.717, 1.165) is 23.6 Å². The van der Waals surface area contributed by atoms with Crippen molar-refractivity contribution in [2.75, 3.05) is 7.11 Å². The summed E-state index contributed by atoms with van der Waals surface area (Å²) in [6.07, 6.45) is 8.35. The van der Waals surface area contributed by atoms with Gasteiger partial charge in [-0.1, -0.05) is 0 Å². The van der Waals surface area contributed by atoms with E-state index in [0.29, 0.717) is 5.88 Å². The van der Waals surface area contributed by atoms with Crippen molar-refractivity contribution in [1.82, 2.24) is 14.8 Å². The molecule has 2 heterocycles. The number of methoxy groups -OCH3 is 1. The van der Waals surface area contributed by atoms with Gasteiger partial charge < -0.3 is 4.74 Å². The van der Waals surface area contributed by atoms with E-state index in [9.17, 15) is 0 Å². The third-order valence-electron chi connectivity index (χ3n) is 3.05. The van der Waals surface area contributed by atoms with Gasteiger partial charge in [-0.05, 0) is 30.9 Å². The fraction of sp³-hybridized carbons (Fsp3) is 0.385. The summed E-state index contributed by atoms with van der Waals surface area (Å²) in [5.74, 6) is 1.48. The Balaban J connectivity index is 1.88. The lowest BCUT2D eigenvalue weighted by Gasteiger charge is -2.03. The summed E-state index contributed by atoms with van der Waals surface area (Å²) in [5, 5.41) is 4.38. The Morgan fingerprint density at radius 1 is 1.47 bits per heavy atom. The first-order valence-electron chi connectivity index (χ1n) is 5.88. The molecule has 1 saturated carbocycles. The van der Waals surface area contributed by atoms with Crippen LogP contribution >= 0.6 is 0 Å². The van der Waals surface area contributed by atoms with Gasteiger partial charge in [0, 0.05) is 30.1 Å². The lowest BCUT2D eigenvalue weighted by molar-refractivity contribution is 0.399. The summed E-state index contributed by atoms with van der Waals surface area (Å²) < 4.78 is 7.27. The number of nitrogens with zero attached hydrogens (tertiary/aromatic N) is 3. The molecule has 0 saturated heterocycles. The Labute approximate surface area is 100 Å². The Bertz CT molecular complexity index is 517. The molecular formula is C13H15N3O. The van der Waals surface area contributed by atoms with Crippen molar-refractivity contribution in [1.29, 1.82) is 0 Å². The summed E-state index contributed by atoms with van der Waals surface area (Å²) >= 11 is 0. The normalized spacial score (nSPS) is 14.9. The summed E-state index contributed by atoms with van der Waals surface area (Å²) in [5.41, 5.74) is 2.06. The topological polar surface area (TPSA) is 39.9 Å². The molecule has 4 nitrogen and oxygen atoms in total. The second kappa shape index (κ2) is 4.20. The number of hydrogen-bond donors (Lipinski definition) is 0. The molecule has 0 unspecified atom stereocenters. The molecule has 3 rings (SSSR count). The minimum Gasteiger partial charge on any atom is -0.481 e. The van der Waals surface area contributed by atoms with Crippen LogP contribution in [-0.2, 0) is 6.54 Å². The minimum atomic E-state index is 0.651. The van der Waals surface area contributed by atoms with E-state index in [2.05, 4.69) is 16.3 Å². The Hall–Kier alpha value is -1.84. The van der Waals surface area contributed by atoms with Crippen LogP contribution in [0.4, 0.5) is 0 Å². The number of hydrogen-bond acceptors (Lipinski definition) is 3. The number of ether oxygens (including phenoxy) is 1. The highest BCUT2D eigenvalue weighted by Crippen LogP contribution is 2.31. The molecule has 2 aromatic heterocycles. The molecule has 1 aliphatic carbocycles. The lowest BCUT2D eigenvalue weighted by Crippen LogP contribution is -1.99. The highest BCUT2D eigenvalue weighted by atomic mass is 16.5. The molecule has 1 aliphatic rings. The molecule has 0 amide bonds. The van der Waals surface area contributed by atoms with Gasteiger partial charge in [0.25, 0.3) is 0 Å². The van der Waals surface area contributed by atoms with Crippen molar-refractivity contribution in [2.45, 2.75) is 19.4 Å². The fourth-order valence-corrected chi connectivity index (χ4v) is 1.94. The van der Waals surface area contributed by atoms with Crippen LogP contribution in [0.2, 0.25) is 0 Å². The van der Waals surface area contributed by atoms with Gasteiger partial charge in [-0.25, -0.2) is 4.98 Å². The third kappa shape index (κ3) is 2.16. The molecule has 0 aliphatic heterocycles. The van der Waals surface area contributed by atoms with Crippen molar-refractivity contribution in [3.63, 3.8) is 0 Å². The predicted molar refractivity (Wildman–Crippen MR) is 64.7 cm³/mol. The largest absolute Gasteiger partial charge is 0.481 e. The number of aromatic nitrogens is 3. The first kappa shape index (κ1) is 10.3. The van der Waals surface area contributed by atoms with E-state index >= 15 is 0 Å². The molecule has 4 heteroatoms. The third-order valence-corrected chi connectivity index (χ3v) is 3.05. The minimum absolute atomic E-state index is 0.651. The van der Waals surface area contributed by atoms with Gasteiger partial charge in [-0.3, -0.25) is 4.68 Å². The van der Waals surface area contributed by atoms with Gasteiger partial charge in [0.2, 0.25) is 5.88 Å². The van der Waals surface area contributed by atoms with Crippen LogP contribution in [0.1, 0.15) is 12.8 Å². The van der Waals surface area contributed by atoms with Gasteiger partial charge in [0.15, 0.2) is 0 Å². The zero-order chi connectivity index (χ0) is 11.7.